The van der Waals surface area contributed by atoms with Crippen LogP contribution in [0.4, 0.5) is 0 Å². The predicted molar refractivity (Wildman–Crippen MR) is 259 cm³/mol. The molecule has 0 saturated heterocycles. The summed E-state index contributed by atoms with van der Waals surface area (Å²) in [5.41, 5.74) is 0. The molecule has 1 rings (SSSR count). The van der Waals surface area contributed by atoms with Gasteiger partial charge in [-0.25, -0.2) is 4.57 Å². The smallest absolute Gasteiger partial charge is 0.462 e. The van der Waals surface area contributed by atoms with Gasteiger partial charge in [-0.3, -0.25) is 18.6 Å². The number of aliphatic hydroxyl groups is 6. The standard InChI is InChI=1S/C51H79O14P/c1-3-5-7-8-9-10-11-12-13-14-15-16-17-18-21-25-28-31-35-39-45(54)64-43(41-63-66(60,61)65-51-49(58)47(56)46(55)48(57)50(51)59)40-62-44(53)38-34-30-27-24-22-19-20-23-26-29-33-37-42(52)36-32-6-4-2/h5,7,9-10,12-13,15-16,18-21,24,26-29,31,33,37,42-43,46-52,55-59H,3-4,6,8,11,14,17,22-23,25,30,32,34-36,38-41H2,1-2H3,(H,60,61)/b7-5-,10-9-,13-12-,16-15-,20-19-,21-18-,27-24-,29-26-,31-28-,37-33+/t42-,43-,46?,47-,48+,49-,50-,51?/m1/s1. The highest BCUT2D eigenvalue weighted by atomic mass is 31.2. The molecule has 0 bridgehead atoms. The molecule has 0 aromatic heterocycles. The second kappa shape index (κ2) is 39.2. The highest BCUT2D eigenvalue weighted by Crippen LogP contribution is 2.47. The molecule has 0 aliphatic heterocycles. The lowest BCUT2D eigenvalue weighted by Gasteiger charge is -2.41. The average molecular weight is 947 g/mol. The van der Waals surface area contributed by atoms with E-state index in [1.54, 1.807) is 6.08 Å². The summed E-state index contributed by atoms with van der Waals surface area (Å²) >= 11 is 0. The summed E-state index contributed by atoms with van der Waals surface area (Å²) in [4.78, 5) is 35.7. The number of carbonyl (C=O) groups excluding carboxylic acids is 2. The van der Waals surface area contributed by atoms with Crippen LogP contribution < -0.4 is 0 Å². The lowest BCUT2D eigenvalue weighted by molar-refractivity contribution is -0.220. The quantitative estimate of drug-likeness (QED) is 0.0103. The molecule has 0 radical (unpaired) electrons. The fourth-order valence-electron chi connectivity index (χ4n) is 6.12. The molecule has 14 nitrogen and oxygen atoms in total. The second-order valence-electron chi connectivity index (χ2n) is 15.7. The molecule has 1 saturated carbocycles. The molecule has 1 aliphatic rings. The largest absolute Gasteiger partial charge is 0.472 e. The lowest BCUT2D eigenvalue weighted by atomic mass is 9.85. The SMILES string of the molecule is CC/C=C\C/C=C\C/C=C\C/C=C\C/C=C\C/C=C\CCC(=O)O[C@H](COC(=O)CCC/C=C\C/C=C\C/C=C\C=C\[C@H](O)CCCCC)COP(=O)(O)OC1[C@H](O)[C@H](O)C(O)[C@H](O)[C@H]1O. The number of aliphatic hydroxyl groups excluding tert-OH is 6. The fourth-order valence-corrected chi connectivity index (χ4v) is 7.09. The van der Waals surface area contributed by atoms with Gasteiger partial charge in [-0.1, -0.05) is 155 Å². The van der Waals surface area contributed by atoms with Crippen LogP contribution in [0.1, 0.15) is 123 Å². The fraction of sp³-hybridized carbons (Fsp3) is 0.569. The van der Waals surface area contributed by atoms with Crippen molar-refractivity contribution in [2.45, 2.75) is 172 Å². The zero-order valence-electron chi connectivity index (χ0n) is 39.0. The van der Waals surface area contributed by atoms with Gasteiger partial charge < -0.3 is 45.0 Å². The first kappa shape index (κ1) is 60.2. The number of unbranched alkanes of at least 4 members (excludes halogenated alkanes) is 3. The Morgan fingerprint density at radius 1 is 0.561 bits per heavy atom. The van der Waals surface area contributed by atoms with Gasteiger partial charge in [-0.2, -0.15) is 0 Å². The molecule has 0 spiro atoms. The van der Waals surface area contributed by atoms with Crippen LogP contribution in [-0.4, -0.2) is 110 Å². The minimum absolute atomic E-state index is 0.0472. The Kier molecular flexibility index (Phi) is 35.8. The van der Waals surface area contributed by atoms with E-state index in [1.807, 2.05) is 66.8 Å². The van der Waals surface area contributed by atoms with Crippen molar-refractivity contribution < 1.29 is 68.2 Å². The van der Waals surface area contributed by atoms with Gasteiger partial charge in [-0.15, -0.1) is 0 Å². The molecule has 7 N–H and O–H groups in total. The monoisotopic (exact) mass is 947 g/mol. The predicted octanol–water partition coefficient (Wildman–Crippen LogP) is 8.36. The number of phosphoric ester groups is 1. The maximum absolute atomic E-state index is 12.8. The van der Waals surface area contributed by atoms with E-state index in [0.29, 0.717) is 25.7 Å². The number of allylic oxidation sites excluding steroid dienone is 19. The van der Waals surface area contributed by atoms with Crippen LogP contribution in [0.25, 0.3) is 0 Å². The molecular formula is C51H79O14P. The molecule has 66 heavy (non-hydrogen) atoms. The van der Waals surface area contributed by atoms with E-state index in [0.717, 1.165) is 70.6 Å². The Morgan fingerprint density at radius 2 is 1.05 bits per heavy atom. The number of rotatable bonds is 36. The Hall–Kier alpha value is -3.79. The average Bonchev–Trinajstić information content (AvgIpc) is 3.29. The Labute approximate surface area is 393 Å². The Balaban J connectivity index is 2.58. The third kappa shape index (κ3) is 31.2. The van der Waals surface area contributed by atoms with E-state index in [9.17, 15) is 49.7 Å². The molecule has 372 valence electrons. The minimum Gasteiger partial charge on any atom is -0.462 e. The van der Waals surface area contributed by atoms with Crippen molar-refractivity contribution >= 4 is 19.8 Å². The molecular weight excluding hydrogens is 868 g/mol. The van der Waals surface area contributed by atoms with E-state index in [1.165, 1.54) is 0 Å². The summed E-state index contributed by atoms with van der Waals surface area (Å²) in [6.07, 6.45) is 38.7. The van der Waals surface area contributed by atoms with Crippen molar-refractivity contribution in [1.82, 2.24) is 0 Å². The van der Waals surface area contributed by atoms with E-state index in [4.69, 9.17) is 18.5 Å². The molecule has 0 heterocycles. The molecule has 0 aromatic carbocycles. The number of carbonyl (C=O) groups is 2. The van der Waals surface area contributed by atoms with Gasteiger partial charge in [0.15, 0.2) is 6.10 Å². The third-order valence-corrected chi connectivity index (χ3v) is 10.9. The Bertz CT molecular complexity index is 1630. The molecule has 9 atom stereocenters. The molecule has 15 heteroatoms. The number of phosphoric acid groups is 1. The van der Waals surface area contributed by atoms with E-state index >= 15 is 0 Å². The zero-order chi connectivity index (χ0) is 48.7. The first-order valence-corrected chi connectivity index (χ1v) is 24.9. The zero-order valence-corrected chi connectivity index (χ0v) is 39.9. The van der Waals surface area contributed by atoms with Crippen molar-refractivity contribution in [3.8, 4) is 0 Å². The number of hydrogen-bond donors (Lipinski definition) is 7. The first-order valence-electron chi connectivity index (χ1n) is 23.4. The van der Waals surface area contributed by atoms with Gasteiger partial charge in [0.2, 0.25) is 0 Å². The molecule has 0 amide bonds. The van der Waals surface area contributed by atoms with Gasteiger partial charge >= 0.3 is 19.8 Å². The van der Waals surface area contributed by atoms with Crippen LogP contribution in [0.15, 0.2) is 122 Å². The summed E-state index contributed by atoms with van der Waals surface area (Å²) in [5.74, 6) is -1.30. The van der Waals surface area contributed by atoms with Gasteiger partial charge in [0.25, 0.3) is 0 Å². The highest BCUT2D eigenvalue weighted by molar-refractivity contribution is 7.47. The maximum atomic E-state index is 12.8. The molecule has 3 unspecified atom stereocenters. The molecule has 1 fully saturated rings. The third-order valence-electron chi connectivity index (χ3n) is 9.90. The minimum atomic E-state index is -5.17. The summed E-state index contributed by atoms with van der Waals surface area (Å²) in [5, 5.41) is 60.1. The van der Waals surface area contributed by atoms with Crippen molar-refractivity contribution in [2.75, 3.05) is 13.2 Å². The summed E-state index contributed by atoms with van der Waals surface area (Å²) in [6.45, 7) is 2.93. The van der Waals surface area contributed by atoms with Crippen molar-refractivity contribution in [1.29, 1.82) is 0 Å². The summed E-state index contributed by atoms with van der Waals surface area (Å²) in [6, 6.07) is 0. The molecule has 1 aliphatic carbocycles. The van der Waals surface area contributed by atoms with Crippen molar-refractivity contribution in [3.05, 3.63) is 122 Å². The molecule has 0 aromatic rings. The van der Waals surface area contributed by atoms with Gasteiger partial charge in [0.05, 0.1) is 12.7 Å². The van der Waals surface area contributed by atoms with Crippen LogP contribution in [0, 0.1) is 0 Å². The number of ether oxygens (including phenoxy) is 2. The summed E-state index contributed by atoms with van der Waals surface area (Å²) in [7, 11) is -5.17. The van der Waals surface area contributed by atoms with Crippen LogP contribution in [0.5, 0.6) is 0 Å². The van der Waals surface area contributed by atoms with E-state index < -0.39 is 81.8 Å². The van der Waals surface area contributed by atoms with Crippen LogP contribution in [0.3, 0.4) is 0 Å². The second-order valence-corrected chi connectivity index (χ2v) is 17.1. The Morgan fingerprint density at radius 3 is 1.58 bits per heavy atom. The normalized spacial score (nSPS) is 22.9. The van der Waals surface area contributed by atoms with Gasteiger partial charge in [0.1, 0.15) is 43.2 Å². The number of esters is 2. The number of hydrogen-bond acceptors (Lipinski definition) is 13. The topological polar surface area (TPSA) is 230 Å². The first-order chi connectivity index (χ1) is 31.8. The highest BCUT2D eigenvalue weighted by Gasteiger charge is 2.51. The van der Waals surface area contributed by atoms with Crippen molar-refractivity contribution in [3.63, 3.8) is 0 Å². The summed E-state index contributed by atoms with van der Waals surface area (Å²) < 4.78 is 33.4. The maximum Gasteiger partial charge on any atom is 0.472 e. The van der Waals surface area contributed by atoms with Gasteiger partial charge in [-0.05, 0) is 77.0 Å². The van der Waals surface area contributed by atoms with Crippen molar-refractivity contribution in [2.24, 2.45) is 0 Å². The van der Waals surface area contributed by atoms with Crippen LogP contribution in [0.2, 0.25) is 0 Å². The van der Waals surface area contributed by atoms with E-state index in [-0.39, 0.29) is 12.8 Å². The van der Waals surface area contributed by atoms with Crippen LogP contribution in [-0.2, 0) is 32.7 Å². The van der Waals surface area contributed by atoms with E-state index in [2.05, 4.69) is 62.5 Å². The van der Waals surface area contributed by atoms with Crippen LogP contribution >= 0.6 is 7.82 Å². The lowest BCUT2D eigenvalue weighted by Crippen LogP contribution is -2.64. The van der Waals surface area contributed by atoms with Gasteiger partial charge in [0, 0.05) is 12.8 Å².